The molecule has 2 N–H and O–H groups in total. The zero-order valence-electron chi connectivity index (χ0n) is 16.2. The lowest BCUT2D eigenvalue weighted by Gasteiger charge is -2.21. The maximum absolute atomic E-state index is 12.0. The van der Waals surface area contributed by atoms with Crippen LogP contribution in [0.25, 0.3) is 0 Å². The Kier molecular flexibility index (Phi) is 7.27. The van der Waals surface area contributed by atoms with Gasteiger partial charge in [-0.2, -0.15) is 0 Å². The van der Waals surface area contributed by atoms with Crippen LogP contribution in [0.1, 0.15) is 47.1 Å². The molecule has 0 aliphatic rings. The summed E-state index contributed by atoms with van der Waals surface area (Å²) in [4.78, 5) is 23.9. The van der Waals surface area contributed by atoms with E-state index in [1.54, 1.807) is 32.9 Å². The molecule has 0 aliphatic heterocycles. The summed E-state index contributed by atoms with van der Waals surface area (Å²) in [5, 5.41) is 5.54. The molecule has 0 radical (unpaired) electrons. The molecule has 1 aromatic carbocycles. The Morgan fingerprint density at radius 2 is 1.80 bits per heavy atom. The zero-order valence-corrected chi connectivity index (χ0v) is 16.2. The third-order valence-corrected chi connectivity index (χ3v) is 3.52. The van der Waals surface area contributed by atoms with Crippen molar-refractivity contribution >= 4 is 17.7 Å². The lowest BCUT2D eigenvalue weighted by atomic mass is 10.1. The molecule has 1 aromatic rings. The highest BCUT2D eigenvalue weighted by Crippen LogP contribution is 2.26. The number of carbonyl (C=O) groups is 2. The van der Waals surface area contributed by atoms with Crippen LogP contribution in [0.3, 0.4) is 0 Å². The van der Waals surface area contributed by atoms with Crippen LogP contribution in [0.2, 0.25) is 0 Å². The highest BCUT2D eigenvalue weighted by atomic mass is 16.6. The van der Waals surface area contributed by atoms with Crippen molar-refractivity contribution in [2.24, 2.45) is 5.92 Å². The summed E-state index contributed by atoms with van der Waals surface area (Å²) in [6.07, 6.45) is -0.570. The average molecular weight is 350 g/mol. The first kappa shape index (κ1) is 20.8. The molecule has 140 valence electrons. The van der Waals surface area contributed by atoms with Crippen molar-refractivity contribution in [3.8, 4) is 5.75 Å². The molecule has 0 bridgehead atoms. The molecular formula is C19H30N2O4. The van der Waals surface area contributed by atoms with Gasteiger partial charge in [-0.15, -0.1) is 0 Å². The molecule has 6 heteroatoms. The van der Waals surface area contributed by atoms with E-state index in [2.05, 4.69) is 10.6 Å². The summed E-state index contributed by atoms with van der Waals surface area (Å²) < 4.78 is 10.9. The van der Waals surface area contributed by atoms with Crippen molar-refractivity contribution in [3.05, 3.63) is 23.8 Å². The summed E-state index contributed by atoms with van der Waals surface area (Å²) in [5.74, 6) is 0.566. The minimum absolute atomic E-state index is 0.0629. The SMILES string of the molecule is Cc1ccc(NC(=O)OC(C)(C)C)c(OCC(=O)NC(C)C(C)C)c1. The number of anilines is 1. The predicted octanol–water partition coefficient (Wildman–Crippen LogP) is 3.88. The Morgan fingerprint density at radius 1 is 1.16 bits per heavy atom. The number of carbonyl (C=O) groups excluding carboxylic acids is 2. The average Bonchev–Trinajstić information content (AvgIpc) is 2.45. The normalized spacial score (nSPS) is 12.5. The summed E-state index contributed by atoms with van der Waals surface area (Å²) >= 11 is 0. The van der Waals surface area contributed by atoms with Gasteiger partial charge >= 0.3 is 6.09 Å². The smallest absolute Gasteiger partial charge is 0.412 e. The van der Waals surface area contributed by atoms with Crippen LogP contribution in [0, 0.1) is 12.8 Å². The van der Waals surface area contributed by atoms with Crippen LogP contribution in [-0.2, 0) is 9.53 Å². The van der Waals surface area contributed by atoms with E-state index in [4.69, 9.17) is 9.47 Å². The second-order valence-electron chi connectivity index (χ2n) is 7.52. The van der Waals surface area contributed by atoms with E-state index in [9.17, 15) is 9.59 Å². The molecule has 0 saturated heterocycles. The molecule has 0 heterocycles. The molecule has 2 amide bonds. The molecular weight excluding hydrogens is 320 g/mol. The minimum atomic E-state index is -0.595. The first-order valence-electron chi connectivity index (χ1n) is 8.50. The summed E-state index contributed by atoms with van der Waals surface area (Å²) in [5.41, 5.74) is 0.827. The lowest BCUT2D eigenvalue weighted by Crippen LogP contribution is -2.39. The number of ether oxygens (including phenoxy) is 2. The van der Waals surface area contributed by atoms with E-state index in [0.29, 0.717) is 17.4 Å². The van der Waals surface area contributed by atoms with Crippen LogP contribution in [0.4, 0.5) is 10.5 Å². The number of amides is 2. The second-order valence-corrected chi connectivity index (χ2v) is 7.52. The second kappa shape index (κ2) is 8.74. The van der Waals surface area contributed by atoms with Gasteiger partial charge in [0.2, 0.25) is 0 Å². The van der Waals surface area contributed by atoms with Crippen LogP contribution >= 0.6 is 0 Å². The molecule has 0 aromatic heterocycles. The van der Waals surface area contributed by atoms with E-state index in [-0.39, 0.29) is 18.6 Å². The predicted molar refractivity (Wildman–Crippen MR) is 99.0 cm³/mol. The van der Waals surface area contributed by atoms with Crippen molar-refractivity contribution in [3.63, 3.8) is 0 Å². The first-order chi connectivity index (χ1) is 11.5. The van der Waals surface area contributed by atoms with E-state index in [1.807, 2.05) is 33.8 Å². The molecule has 25 heavy (non-hydrogen) atoms. The highest BCUT2D eigenvalue weighted by molar-refractivity contribution is 5.87. The van der Waals surface area contributed by atoms with Crippen molar-refractivity contribution in [1.29, 1.82) is 0 Å². The fourth-order valence-electron chi connectivity index (χ4n) is 1.87. The summed E-state index contributed by atoms with van der Waals surface area (Å²) in [6.45, 7) is 13.2. The molecule has 1 unspecified atom stereocenters. The third kappa shape index (κ3) is 7.92. The van der Waals surface area contributed by atoms with Crippen LogP contribution < -0.4 is 15.4 Å². The van der Waals surface area contributed by atoms with Crippen molar-refractivity contribution in [2.45, 2.75) is 60.1 Å². The van der Waals surface area contributed by atoms with Crippen LogP contribution in [0.15, 0.2) is 18.2 Å². The van der Waals surface area contributed by atoms with Gasteiger partial charge in [0.1, 0.15) is 11.4 Å². The first-order valence-corrected chi connectivity index (χ1v) is 8.50. The molecule has 1 rings (SSSR count). The van der Waals surface area contributed by atoms with Crippen molar-refractivity contribution in [1.82, 2.24) is 5.32 Å². The van der Waals surface area contributed by atoms with Gasteiger partial charge in [-0.25, -0.2) is 4.79 Å². The van der Waals surface area contributed by atoms with Gasteiger partial charge in [-0.05, 0) is 58.2 Å². The molecule has 0 saturated carbocycles. The number of benzene rings is 1. The quantitative estimate of drug-likeness (QED) is 0.816. The van der Waals surface area contributed by atoms with Crippen molar-refractivity contribution in [2.75, 3.05) is 11.9 Å². The van der Waals surface area contributed by atoms with E-state index in [0.717, 1.165) is 5.56 Å². The number of aryl methyl sites for hydroxylation is 1. The Labute approximate surface area is 150 Å². The Bertz CT molecular complexity index is 606. The molecule has 0 aliphatic carbocycles. The van der Waals surface area contributed by atoms with Gasteiger partial charge in [0.15, 0.2) is 6.61 Å². The van der Waals surface area contributed by atoms with Gasteiger partial charge in [0, 0.05) is 6.04 Å². The van der Waals surface area contributed by atoms with Gasteiger partial charge in [-0.3, -0.25) is 10.1 Å². The van der Waals surface area contributed by atoms with Gasteiger partial charge in [0.05, 0.1) is 5.69 Å². The van der Waals surface area contributed by atoms with Crippen LogP contribution in [-0.4, -0.2) is 30.3 Å². The van der Waals surface area contributed by atoms with E-state index >= 15 is 0 Å². The fraction of sp³-hybridized carbons (Fsp3) is 0.579. The van der Waals surface area contributed by atoms with E-state index in [1.165, 1.54) is 0 Å². The Balaban J connectivity index is 2.74. The van der Waals surface area contributed by atoms with E-state index < -0.39 is 11.7 Å². The van der Waals surface area contributed by atoms with Gasteiger partial charge < -0.3 is 14.8 Å². The molecule has 1 atom stereocenters. The maximum Gasteiger partial charge on any atom is 0.412 e. The number of hydrogen-bond acceptors (Lipinski definition) is 4. The van der Waals surface area contributed by atoms with Crippen LogP contribution in [0.5, 0.6) is 5.75 Å². The highest BCUT2D eigenvalue weighted by Gasteiger charge is 2.18. The molecule has 6 nitrogen and oxygen atoms in total. The molecule has 0 spiro atoms. The maximum atomic E-state index is 12.0. The largest absolute Gasteiger partial charge is 0.482 e. The van der Waals surface area contributed by atoms with Crippen molar-refractivity contribution < 1.29 is 19.1 Å². The Morgan fingerprint density at radius 3 is 2.36 bits per heavy atom. The number of hydrogen-bond donors (Lipinski definition) is 2. The summed E-state index contributed by atoms with van der Waals surface area (Å²) in [6, 6.07) is 5.41. The fourth-order valence-corrected chi connectivity index (χ4v) is 1.87. The summed E-state index contributed by atoms with van der Waals surface area (Å²) in [7, 11) is 0. The standard InChI is InChI=1S/C19H30N2O4/c1-12(2)14(4)20-17(22)11-24-16-10-13(3)8-9-15(16)21-18(23)25-19(5,6)7/h8-10,12,14H,11H2,1-7H3,(H,20,22)(H,21,23). The zero-order chi connectivity index (χ0) is 19.2. The Hall–Kier alpha value is -2.24. The monoisotopic (exact) mass is 350 g/mol. The van der Waals surface area contributed by atoms with Gasteiger partial charge in [0.25, 0.3) is 5.91 Å². The topological polar surface area (TPSA) is 76.7 Å². The van der Waals surface area contributed by atoms with Gasteiger partial charge in [-0.1, -0.05) is 19.9 Å². The lowest BCUT2D eigenvalue weighted by molar-refractivity contribution is -0.123. The minimum Gasteiger partial charge on any atom is -0.482 e. The third-order valence-electron chi connectivity index (χ3n) is 3.52. The molecule has 0 fully saturated rings. The number of rotatable bonds is 6. The number of nitrogens with one attached hydrogen (secondary N) is 2.